The molecule has 0 unspecified atom stereocenters. The Hall–Kier alpha value is -2.55. The molecule has 9 heteroatoms. The number of nitrogens with one attached hydrogen (secondary N) is 1. The van der Waals surface area contributed by atoms with Crippen LogP contribution in [0.25, 0.3) is 0 Å². The Labute approximate surface area is 126 Å². The fraction of sp³-hybridized carbons (Fsp3) is 0.462. The molecule has 2 aromatic rings. The number of hydrogen-bond donors (Lipinski definition) is 2. The summed E-state index contributed by atoms with van der Waals surface area (Å²) in [7, 11) is 0. The molecular weight excluding hydrogens is 288 g/mol. The highest BCUT2D eigenvalue weighted by Gasteiger charge is 2.30. The van der Waals surface area contributed by atoms with Crippen molar-refractivity contribution >= 4 is 11.7 Å². The second-order valence-corrected chi connectivity index (χ2v) is 5.04. The summed E-state index contributed by atoms with van der Waals surface area (Å²) in [5.41, 5.74) is 5.29. The number of nitrogens with two attached hydrogens (primary N) is 1. The largest absolute Gasteiger partial charge is 0.366 e. The van der Waals surface area contributed by atoms with Crippen LogP contribution in [0.2, 0.25) is 0 Å². The van der Waals surface area contributed by atoms with E-state index in [1.165, 1.54) is 12.4 Å². The average molecular weight is 304 g/mol. The first kappa shape index (κ1) is 14.4. The topological polar surface area (TPSA) is 129 Å². The van der Waals surface area contributed by atoms with E-state index >= 15 is 0 Å². The van der Waals surface area contributed by atoms with Gasteiger partial charge in [0.25, 0.3) is 11.8 Å². The van der Waals surface area contributed by atoms with Gasteiger partial charge in [-0.15, -0.1) is 0 Å². The van der Waals surface area contributed by atoms with Crippen LogP contribution in [-0.2, 0) is 4.74 Å². The van der Waals surface area contributed by atoms with Crippen molar-refractivity contribution in [2.45, 2.75) is 32.0 Å². The Morgan fingerprint density at radius 3 is 3.00 bits per heavy atom. The molecular formula is C13H16N6O3. The zero-order chi connectivity index (χ0) is 15.5. The number of rotatable bonds is 5. The van der Waals surface area contributed by atoms with Crippen molar-refractivity contribution in [1.29, 1.82) is 0 Å². The van der Waals surface area contributed by atoms with Gasteiger partial charge in [0, 0.05) is 6.54 Å². The van der Waals surface area contributed by atoms with E-state index in [0.717, 1.165) is 12.8 Å². The van der Waals surface area contributed by atoms with E-state index in [1.54, 1.807) is 6.92 Å². The van der Waals surface area contributed by atoms with Crippen molar-refractivity contribution in [1.82, 2.24) is 20.1 Å². The van der Waals surface area contributed by atoms with E-state index in [2.05, 4.69) is 25.4 Å². The second kappa shape index (κ2) is 6.06. The van der Waals surface area contributed by atoms with Gasteiger partial charge in [-0.25, -0.2) is 4.98 Å². The summed E-state index contributed by atoms with van der Waals surface area (Å²) in [5.74, 6) is 0.978. The molecule has 3 N–H and O–H groups in total. The Kier molecular flexibility index (Phi) is 3.96. The standard InChI is InChI=1S/C13H16N6O3/c1-7-17-13(22-19-7)10-3-2-8(21-10)4-16-11-6-15-5-9(18-11)12(14)20/h5-6,8,10H,2-4H2,1H3,(H2,14,20)(H,16,18)/t8-,10+/m1/s1. The Morgan fingerprint density at radius 2 is 2.27 bits per heavy atom. The zero-order valence-corrected chi connectivity index (χ0v) is 12.0. The minimum absolute atomic E-state index is 0.00348. The van der Waals surface area contributed by atoms with E-state index < -0.39 is 5.91 Å². The first-order valence-electron chi connectivity index (χ1n) is 6.93. The predicted octanol–water partition coefficient (Wildman–Crippen LogP) is 0.599. The van der Waals surface area contributed by atoms with Crippen LogP contribution in [-0.4, -0.2) is 38.7 Å². The number of aryl methyl sites for hydroxylation is 1. The lowest BCUT2D eigenvalue weighted by Gasteiger charge is -2.12. The molecule has 3 heterocycles. The molecule has 1 amide bonds. The normalized spacial score (nSPS) is 21.0. The molecule has 1 aliphatic heterocycles. The van der Waals surface area contributed by atoms with Crippen LogP contribution < -0.4 is 11.1 Å². The monoisotopic (exact) mass is 304 g/mol. The molecule has 1 fully saturated rings. The smallest absolute Gasteiger partial charge is 0.268 e. The summed E-state index contributed by atoms with van der Waals surface area (Å²) < 4.78 is 11.0. The van der Waals surface area contributed by atoms with Crippen LogP contribution in [0, 0.1) is 6.92 Å². The lowest BCUT2D eigenvalue weighted by atomic mass is 10.2. The van der Waals surface area contributed by atoms with Crippen molar-refractivity contribution in [3.05, 3.63) is 29.8 Å². The van der Waals surface area contributed by atoms with Gasteiger partial charge in [0.1, 0.15) is 17.6 Å². The summed E-state index contributed by atoms with van der Waals surface area (Å²) in [6.07, 6.45) is 4.36. The molecule has 22 heavy (non-hydrogen) atoms. The van der Waals surface area contributed by atoms with Gasteiger partial charge in [0.15, 0.2) is 5.82 Å². The maximum atomic E-state index is 11.1. The molecule has 2 atom stereocenters. The lowest BCUT2D eigenvalue weighted by Crippen LogP contribution is -2.21. The first-order chi connectivity index (χ1) is 10.6. The maximum Gasteiger partial charge on any atom is 0.268 e. The van der Waals surface area contributed by atoms with Gasteiger partial charge in [-0.2, -0.15) is 4.98 Å². The third-order valence-corrected chi connectivity index (χ3v) is 3.32. The van der Waals surface area contributed by atoms with Crippen LogP contribution in [0.3, 0.4) is 0 Å². The number of anilines is 1. The van der Waals surface area contributed by atoms with E-state index in [0.29, 0.717) is 24.1 Å². The number of carbonyl (C=O) groups is 1. The zero-order valence-electron chi connectivity index (χ0n) is 12.0. The number of nitrogens with zero attached hydrogens (tertiary/aromatic N) is 4. The molecule has 0 aromatic carbocycles. The molecule has 0 bridgehead atoms. The number of hydrogen-bond acceptors (Lipinski definition) is 8. The Morgan fingerprint density at radius 1 is 1.41 bits per heavy atom. The van der Waals surface area contributed by atoms with E-state index in [-0.39, 0.29) is 17.9 Å². The first-order valence-corrected chi connectivity index (χ1v) is 6.93. The van der Waals surface area contributed by atoms with Crippen LogP contribution in [0.4, 0.5) is 5.82 Å². The second-order valence-electron chi connectivity index (χ2n) is 5.04. The molecule has 116 valence electrons. The molecule has 1 saturated heterocycles. The van der Waals surface area contributed by atoms with Gasteiger partial charge >= 0.3 is 0 Å². The molecule has 0 spiro atoms. The molecule has 9 nitrogen and oxygen atoms in total. The number of primary amides is 1. The molecule has 0 saturated carbocycles. The molecule has 3 rings (SSSR count). The van der Waals surface area contributed by atoms with E-state index in [1.807, 2.05) is 0 Å². The van der Waals surface area contributed by atoms with Crippen molar-refractivity contribution in [2.24, 2.45) is 5.73 Å². The quantitative estimate of drug-likeness (QED) is 0.821. The molecule has 0 radical (unpaired) electrons. The minimum Gasteiger partial charge on any atom is -0.366 e. The lowest BCUT2D eigenvalue weighted by molar-refractivity contribution is 0.0326. The SMILES string of the molecule is Cc1noc([C@@H]2CC[C@H](CNc3cncc(C(N)=O)n3)O2)n1. The van der Waals surface area contributed by atoms with Crippen LogP contribution in [0.15, 0.2) is 16.9 Å². The van der Waals surface area contributed by atoms with Gasteiger partial charge < -0.3 is 20.3 Å². The third kappa shape index (κ3) is 3.19. The molecule has 1 aliphatic rings. The predicted molar refractivity (Wildman–Crippen MR) is 74.9 cm³/mol. The number of ether oxygens (including phenoxy) is 1. The fourth-order valence-electron chi connectivity index (χ4n) is 2.27. The van der Waals surface area contributed by atoms with Crippen LogP contribution in [0.5, 0.6) is 0 Å². The van der Waals surface area contributed by atoms with E-state index in [4.69, 9.17) is 15.0 Å². The number of amides is 1. The van der Waals surface area contributed by atoms with Crippen molar-refractivity contribution in [2.75, 3.05) is 11.9 Å². The highest BCUT2D eigenvalue weighted by Crippen LogP contribution is 2.31. The van der Waals surface area contributed by atoms with Gasteiger partial charge in [-0.05, 0) is 19.8 Å². The minimum atomic E-state index is -0.611. The summed E-state index contributed by atoms with van der Waals surface area (Å²) in [5, 5.41) is 6.85. The average Bonchev–Trinajstić information content (AvgIpc) is 3.14. The van der Waals surface area contributed by atoms with E-state index in [9.17, 15) is 4.79 Å². The highest BCUT2D eigenvalue weighted by atomic mass is 16.5. The Bertz CT molecular complexity index is 673. The van der Waals surface area contributed by atoms with Gasteiger partial charge in [0.2, 0.25) is 0 Å². The summed E-state index contributed by atoms with van der Waals surface area (Å²) in [6.45, 7) is 2.31. The summed E-state index contributed by atoms with van der Waals surface area (Å²) in [6, 6.07) is 0. The molecule has 0 aliphatic carbocycles. The fourth-order valence-corrected chi connectivity index (χ4v) is 2.27. The van der Waals surface area contributed by atoms with Gasteiger partial charge in [-0.3, -0.25) is 9.78 Å². The highest BCUT2D eigenvalue weighted by molar-refractivity contribution is 5.90. The maximum absolute atomic E-state index is 11.1. The number of aromatic nitrogens is 4. The number of carbonyl (C=O) groups excluding carboxylic acids is 1. The molecule has 2 aromatic heterocycles. The summed E-state index contributed by atoms with van der Waals surface area (Å²) in [4.78, 5) is 23.2. The Balaban J connectivity index is 1.54. The summed E-state index contributed by atoms with van der Waals surface area (Å²) >= 11 is 0. The van der Waals surface area contributed by atoms with Crippen LogP contribution in [0.1, 0.15) is 41.1 Å². The van der Waals surface area contributed by atoms with Crippen LogP contribution >= 0.6 is 0 Å². The van der Waals surface area contributed by atoms with Gasteiger partial charge in [-0.1, -0.05) is 5.16 Å². The third-order valence-electron chi connectivity index (χ3n) is 3.32. The van der Waals surface area contributed by atoms with Crippen molar-refractivity contribution in [3.8, 4) is 0 Å². The van der Waals surface area contributed by atoms with Crippen molar-refractivity contribution < 1.29 is 14.1 Å². The van der Waals surface area contributed by atoms with Gasteiger partial charge in [0.05, 0.1) is 18.5 Å². The van der Waals surface area contributed by atoms with Crippen molar-refractivity contribution in [3.63, 3.8) is 0 Å².